The second-order valence-corrected chi connectivity index (χ2v) is 4.95. The van der Waals surface area contributed by atoms with E-state index in [9.17, 15) is 4.79 Å². The van der Waals surface area contributed by atoms with Crippen LogP contribution in [0.25, 0.3) is 0 Å². The molecule has 0 unspecified atom stereocenters. The van der Waals surface area contributed by atoms with E-state index in [1.807, 2.05) is 31.2 Å². The Hall–Kier alpha value is -1.51. The molecule has 2 rings (SSSR count). The van der Waals surface area contributed by atoms with E-state index in [0.29, 0.717) is 22.2 Å². The molecule has 0 atom stereocenters. The molecule has 0 heterocycles. The number of alkyl halides is 1. The molecule has 0 radical (unpaired) electrons. The maximum absolute atomic E-state index is 12.1. The molecule has 0 spiro atoms. The Morgan fingerprint density at radius 3 is 2.68 bits per heavy atom. The van der Waals surface area contributed by atoms with Crippen LogP contribution in [-0.4, -0.2) is 5.91 Å². The lowest BCUT2D eigenvalue weighted by Gasteiger charge is -2.08. The van der Waals surface area contributed by atoms with Gasteiger partial charge in [-0.3, -0.25) is 4.79 Å². The Balaban J connectivity index is 2.20. The molecule has 0 bridgehead atoms. The summed E-state index contributed by atoms with van der Waals surface area (Å²) in [5.41, 5.74) is 3.12. The first-order valence-electron chi connectivity index (χ1n) is 5.82. The van der Waals surface area contributed by atoms with Crippen molar-refractivity contribution in [2.24, 2.45) is 0 Å². The molecular formula is C15H13Cl2NO. The van der Waals surface area contributed by atoms with Gasteiger partial charge in [-0.1, -0.05) is 29.8 Å². The molecule has 1 amide bonds. The predicted molar refractivity (Wildman–Crippen MR) is 80.1 cm³/mol. The van der Waals surface area contributed by atoms with Crippen molar-refractivity contribution in [1.82, 2.24) is 0 Å². The van der Waals surface area contributed by atoms with Crippen LogP contribution >= 0.6 is 23.2 Å². The predicted octanol–water partition coefficient (Wildman–Crippen LogP) is 4.64. The van der Waals surface area contributed by atoms with Crippen molar-refractivity contribution in [1.29, 1.82) is 0 Å². The van der Waals surface area contributed by atoms with Crippen LogP contribution in [0.15, 0.2) is 42.5 Å². The third-order valence-electron chi connectivity index (χ3n) is 2.72. The second-order valence-electron chi connectivity index (χ2n) is 4.27. The Morgan fingerprint density at radius 1 is 1.21 bits per heavy atom. The number of anilines is 1. The molecule has 0 saturated carbocycles. The zero-order chi connectivity index (χ0) is 13.8. The van der Waals surface area contributed by atoms with Crippen molar-refractivity contribution in [3.63, 3.8) is 0 Å². The summed E-state index contributed by atoms with van der Waals surface area (Å²) in [5.74, 6) is 0.185. The van der Waals surface area contributed by atoms with Gasteiger partial charge in [-0.25, -0.2) is 0 Å². The van der Waals surface area contributed by atoms with Crippen LogP contribution < -0.4 is 5.32 Å². The van der Waals surface area contributed by atoms with E-state index in [4.69, 9.17) is 23.2 Å². The molecule has 0 fully saturated rings. The summed E-state index contributed by atoms with van der Waals surface area (Å²) < 4.78 is 0. The summed E-state index contributed by atoms with van der Waals surface area (Å²) in [6.45, 7) is 1.95. The lowest BCUT2D eigenvalue weighted by atomic mass is 10.1. The van der Waals surface area contributed by atoms with E-state index in [-0.39, 0.29) is 5.91 Å². The summed E-state index contributed by atoms with van der Waals surface area (Å²) in [6.07, 6.45) is 0. The van der Waals surface area contributed by atoms with Crippen LogP contribution in [0.4, 0.5) is 5.69 Å². The SMILES string of the molecule is Cc1ccc(NC(=O)c2cccc(CCl)c2)c(Cl)c1. The zero-order valence-electron chi connectivity index (χ0n) is 10.4. The molecule has 2 aromatic rings. The van der Waals surface area contributed by atoms with Crippen LogP contribution in [-0.2, 0) is 5.88 Å². The maximum Gasteiger partial charge on any atom is 0.255 e. The monoisotopic (exact) mass is 293 g/mol. The van der Waals surface area contributed by atoms with Gasteiger partial charge in [0, 0.05) is 11.4 Å². The molecule has 0 aliphatic rings. The van der Waals surface area contributed by atoms with Gasteiger partial charge in [0.15, 0.2) is 0 Å². The third-order valence-corrected chi connectivity index (χ3v) is 3.34. The maximum atomic E-state index is 12.1. The Labute approximate surface area is 122 Å². The summed E-state index contributed by atoms with van der Waals surface area (Å²) >= 11 is 11.8. The molecule has 1 N–H and O–H groups in total. The van der Waals surface area contributed by atoms with Crippen molar-refractivity contribution < 1.29 is 4.79 Å². The fraction of sp³-hybridized carbons (Fsp3) is 0.133. The molecule has 4 heteroatoms. The van der Waals surface area contributed by atoms with Crippen molar-refractivity contribution in [3.05, 3.63) is 64.2 Å². The highest BCUT2D eigenvalue weighted by atomic mass is 35.5. The third kappa shape index (κ3) is 3.49. The number of amides is 1. The number of halogens is 2. The number of nitrogens with one attached hydrogen (secondary N) is 1. The number of carbonyl (C=O) groups is 1. The van der Waals surface area contributed by atoms with E-state index in [2.05, 4.69) is 5.32 Å². The van der Waals surface area contributed by atoms with E-state index in [1.54, 1.807) is 18.2 Å². The molecule has 19 heavy (non-hydrogen) atoms. The minimum atomic E-state index is -0.197. The number of carbonyl (C=O) groups excluding carboxylic acids is 1. The molecule has 0 aromatic heterocycles. The van der Waals surface area contributed by atoms with Gasteiger partial charge in [0.05, 0.1) is 10.7 Å². The highest BCUT2D eigenvalue weighted by Gasteiger charge is 2.09. The van der Waals surface area contributed by atoms with Crippen molar-refractivity contribution in [3.8, 4) is 0 Å². The van der Waals surface area contributed by atoms with Gasteiger partial charge >= 0.3 is 0 Å². The minimum Gasteiger partial charge on any atom is -0.321 e. The fourth-order valence-corrected chi connectivity index (χ4v) is 2.16. The van der Waals surface area contributed by atoms with Crippen LogP contribution in [0.3, 0.4) is 0 Å². The number of hydrogen-bond acceptors (Lipinski definition) is 1. The van der Waals surface area contributed by atoms with Crippen LogP contribution in [0.1, 0.15) is 21.5 Å². The smallest absolute Gasteiger partial charge is 0.255 e. The van der Waals surface area contributed by atoms with E-state index < -0.39 is 0 Å². The molecular weight excluding hydrogens is 281 g/mol. The Morgan fingerprint density at radius 2 is 2.00 bits per heavy atom. The van der Waals surface area contributed by atoms with E-state index >= 15 is 0 Å². The standard InChI is InChI=1S/C15H13Cl2NO/c1-10-5-6-14(13(17)7-10)18-15(19)12-4-2-3-11(8-12)9-16/h2-8H,9H2,1H3,(H,18,19). The molecule has 0 saturated heterocycles. The normalized spacial score (nSPS) is 10.3. The largest absolute Gasteiger partial charge is 0.321 e. The van der Waals surface area contributed by atoms with E-state index in [0.717, 1.165) is 11.1 Å². The number of benzene rings is 2. The minimum absolute atomic E-state index is 0.197. The first-order chi connectivity index (χ1) is 9.10. The second kappa shape index (κ2) is 6.09. The quantitative estimate of drug-likeness (QED) is 0.821. The number of rotatable bonds is 3. The summed E-state index contributed by atoms with van der Waals surface area (Å²) in [4.78, 5) is 12.1. The van der Waals surface area contributed by atoms with Gasteiger partial charge in [0.2, 0.25) is 0 Å². The molecule has 2 nitrogen and oxygen atoms in total. The number of aryl methyl sites for hydroxylation is 1. The highest BCUT2D eigenvalue weighted by molar-refractivity contribution is 6.34. The lowest BCUT2D eigenvalue weighted by Crippen LogP contribution is -2.12. The van der Waals surface area contributed by atoms with Gasteiger partial charge in [-0.15, -0.1) is 11.6 Å². The summed E-state index contributed by atoms with van der Waals surface area (Å²) in [5, 5.41) is 3.32. The van der Waals surface area contributed by atoms with E-state index in [1.165, 1.54) is 0 Å². The average molecular weight is 294 g/mol. The van der Waals surface area contributed by atoms with Crippen LogP contribution in [0, 0.1) is 6.92 Å². The van der Waals surface area contributed by atoms with Crippen LogP contribution in [0.5, 0.6) is 0 Å². The Kier molecular flexibility index (Phi) is 4.46. The fourth-order valence-electron chi connectivity index (χ4n) is 1.71. The van der Waals surface area contributed by atoms with Gasteiger partial charge < -0.3 is 5.32 Å². The van der Waals surface area contributed by atoms with Crippen LogP contribution in [0.2, 0.25) is 5.02 Å². The molecule has 0 aliphatic heterocycles. The zero-order valence-corrected chi connectivity index (χ0v) is 11.9. The summed E-state index contributed by atoms with van der Waals surface area (Å²) in [7, 11) is 0. The van der Waals surface area contributed by atoms with Crippen molar-refractivity contribution >= 4 is 34.8 Å². The molecule has 2 aromatic carbocycles. The molecule has 98 valence electrons. The lowest BCUT2D eigenvalue weighted by molar-refractivity contribution is 0.102. The summed E-state index contributed by atoms with van der Waals surface area (Å²) in [6, 6.07) is 12.7. The van der Waals surface area contributed by atoms with Gasteiger partial charge in [0.1, 0.15) is 0 Å². The van der Waals surface area contributed by atoms with Gasteiger partial charge in [0.25, 0.3) is 5.91 Å². The topological polar surface area (TPSA) is 29.1 Å². The average Bonchev–Trinajstić information content (AvgIpc) is 2.42. The highest BCUT2D eigenvalue weighted by Crippen LogP contribution is 2.23. The number of hydrogen-bond donors (Lipinski definition) is 1. The Bertz CT molecular complexity index is 611. The van der Waals surface area contributed by atoms with Gasteiger partial charge in [-0.05, 0) is 42.3 Å². The van der Waals surface area contributed by atoms with Crippen molar-refractivity contribution in [2.75, 3.05) is 5.32 Å². The first kappa shape index (κ1) is 13.9. The first-order valence-corrected chi connectivity index (χ1v) is 6.74. The van der Waals surface area contributed by atoms with Gasteiger partial charge in [-0.2, -0.15) is 0 Å². The molecule has 0 aliphatic carbocycles. The van der Waals surface area contributed by atoms with Crippen molar-refractivity contribution in [2.45, 2.75) is 12.8 Å².